The lowest BCUT2D eigenvalue weighted by atomic mass is 9.99. The van der Waals surface area contributed by atoms with Gasteiger partial charge in [0.05, 0.1) is 19.8 Å². The Kier molecular flexibility index (Phi) is 13.5. The van der Waals surface area contributed by atoms with Gasteiger partial charge in [0.2, 0.25) is 23.6 Å². The quantitative estimate of drug-likeness (QED) is 0.0942. The molecule has 0 rings (SSSR count). The van der Waals surface area contributed by atoms with Gasteiger partial charge in [-0.15, -0.1) is 0 Å². The molecular weight excluding hydrogens is 372 g/mol. The first-order valence-corrected chi connectivity index (χ1v) is 9.12. The molecule has 0 unspecified atom stereocenters. The molecule has 0 radical (unpaired) electrons. The van der Waals surface area contributed by atoms with Crippen LogP contribution in [-0.2, 0) is 19.2 Å². The summed E-state index contributed by atoms with van der Waals surface area (Å²) in [6.07, 6.45) is 2.89. The van der Waals surface area contributed by atoms with Gasteiger partial charge in [-0.05, 0) is 19.3 Å². The van der Waals surface area contributed by atoms with Gasteiger partial charge in [0.1, 0.15) is 12.1 Å². The van der Waals surface area contributed by atoms with Crippen molar-refractivity contribution in [3.05, 3.63) is 0 Å². The number of nitrogens with one attached hydrogen (secondary N) is 4. The first-order valence-electron chi connectivity index (χ1n) is 9.12. The SMILES string of the molecule is CC[C@@H](CCCCNN[C@@H](CO)C(=O)NCC(=O)N[C@@H](CO)C(N)=O)C(N)=O. The summed E-state index contributed by atoms with van der Waals surface area (Å²) in [5.74, 6) is -2.70. The van der Waals surface area contributed by atoms with E-state index in [1.807, 2.05) is 6.92 Å². The Morgan fingerprint density at radius 3 is 2.11 bits per heavy atom. The maximum atomic E-state index is 11.9. The summed E-state index contributed by atoms with van der Waals surface area (Å²) in [6, 6.07) is -2.23. The first-order chi connectivity index (χ1) is 13.3. The smallest absolute Gasteiger partial charge is 0.242 e. The van der Waals surface area contributed by atoms with Crippen molar-refractivity contribution in [3.8, 4) is 0 Å². The van der Waals surface area contributed by atoms with Gasteiger partial charge < -0.3 is 32.3 Å². The Hall–Kier alpha value is -2.28. The summed E-state index contributed by atoms with van der Waals surface area (Å²) in [4.78, 5) is 45.6. The molecule has 4 amide bonds. The van der Waals surface area contributed by atoms with Gasteiger partial charge in [-0.25, -0.2) is 5.43 Å². The Bertz CT molecular complexity index is 518. The van der Waals surface area contributed by atoms with Crippen LogP contribution in [0.3, 0.4) is 0 Å². The van der Waals surface area contributed by atoms with E-state index in [4.69, 9.17) is 16.6 Å². The Morgan fingerprint density at radius 2 is 1.61 bits per heavy atom. The summed E-state index contributed by atoms with van der Waals surface area (Å²) in [5.41, 5.74) is 15.7. The third kappa shape index (κ3) is 10.8. The maximum Gasteiger partial charge on any atom is 0.242 e. The van der Waals surface area contributed by atoms with E-state index in [1.165, 1.54) is 0 Å². The topological polar surface area (TPSA) is 209 Å². The van der Waals surface area contributed by atoms with Gasteiger partial charge in [0.25, 0.3) is 0 Å². The van der Waals surface area contributed by atoms with E-state index in [0.29, 0.717) is 19.4 Å². The Morgan fingerprint density at radius 1 is 0.964 bits per heavy atom. The highest BCUT2D eigenvalue weighted by Gasteiger charge is 2.20. The summed E-state index contributed by atoms with van der Waals surface area (Å²) in [6.45, 7) is 0.777. The molecule has 0 saturated carbocycles. The number of aliphatic hydroxyl groups excluding tert-OH is 2. The third-order valence-electron chi connectivity index (χ3n) is 4.06. The molecule has 10 N–H and O–H groups in total. The second kappa shape index (κ2) is 14.7. The highest BCUT2D eigenvalue weighted by Crippen LogP contribution is 2.11. The van der Waals surface area contributed by atoms with Crippen molar-refractivity contribution in [3.63, 3.8) is 0 Å². The third-order valence-corrected chi connectivity index (χ3v) is 4.06. The number of rotatable bonds is 16. The molecular formula is C16H32N6O6. The molecule has 0 aliphatic carbocycles. The average Bonchev–Trinajstić information content (AvgIpc) is 2.65. The number of nitrogens with two attached hydrogens (primary N) is 2. The standard InChI is InChI=1S/C16H32N6O6/c1-2-10(14(17)26)5-3-4-6-20-22-12(9-24)16(28)19-7-13(25)21-11(8-23)15(18)27/h10-12,20,22-24H,2-9H2,1H3,(H2,17,26)(H2,18,27)(H,19,28)(H,21,25)/t10-,11-,12-/m0/s1. The van der Waals surface area contributed by atoms with E-state index < -0.39 is 49.6 Å². The summed E-state index contributed by atoms with van der Waals surface area (Å²) in [7, 11) is 0. The number of unbranched alkanes of at least 4 members (excludes halogenated alkanes) is 1. The second-order valence-electron chi connectivity index (χ2n) is 6.23. The number of carbonyl (C=O) groups excluding carboxylic acids is 4. The number of aliphatic hydroxyl groups is 2. The van der Waals surface area contributed by atoms with Crippen molar-refractivity contribution in [2.45, 2.75) is 44.7 Å². The van der Waals surface area contributed by atoms with Crippen LogP contribution < -0.4 is 33.0 Å². The monoisotopic (exact) mass is 404 g/mol. The molecule has 0 fully saturated rings. The summed E-state index contributed by atoms with van der Waals surface area (Å²) < 4.78 is 0. The van der Waals surface area contributed by atoms with Gasteiger partial charge in [0.15, 0.2) is 0 Å². The average molecular weight is 404 g/mol. The lowest BCUT2D eigenvalue weighted by Gasteiger charge is -2.18. The normalized spacial score (nSPS) is 14.0. The van der Waals surface area contributed by atoms with Crippen LogP contribution in [0, 0.1) is 5.92 Å². The van der Waals surface area contributed by atoms with Crippen molar-refractivity contribution in [1.29, 1.82) is 0 Å². The zero-order chi connectivity index (χ0) is 21.5. The molecule has 0 aromatic carbocycles. The summed E-state index contributed by atoms with van der Waals surface area (Å²) in [5, 5.41) is 22.6. The highest BCUT2D eigenvalue weighted by atomic mass is 16.3. The minimum absolute atomic E-state index is 0.143. The minimum atomic E-state index is -1.24. The molecule has 0 aliphatic heterocycles. The van der Waals surface area contributed by atoms with E-state index in [0.717, 1.165) is 12.8 Å². The molecule has 162 valence electrons. The fraction of sp³-hybridized carbons (Fsp3) is 0.750. The van der Waals surface area contributed by atoms with Crippen LogP contribution in [0.5, 0.6) is 0 Å². The van der Waals surface area contributed by atoms with E-state index in [1.54, 1.807) is 0 Å². The number of hydrazine groups is 1. The first kappa shape index (κ1) is 25.7. The molecule has 0 aromatic heterocycles. The molecule has 12 nitrogen and oxygen atoms in total. The minimum Gasteiger partial charge on any atom is -0.394 e. The Labute approximate surface area is 163 Å². The van der Waals surface area contributed by atoms with Gasteiger partial charge in [-0.2, -0.15) is 0 Å². The van der Waals surface area contributed by atoms with Crippen molar-refractivity contribution >= 4 is 23.6 Å². The number of primary amides is 2. The van der Waals surface area contributed by atoms with Crippen LogP contribution in [0.2, 0.25) is 0 Å². The predicted molar refractivity (Wildman–Crippen MR) is 100 cm³/mol. The number of hydrogen-bond donors (Lipinski definition) is 8. The molecule has 0 aliphatic rings. The van der Waals surface area contributed by atoms with E-state index >= 15 is 0 Å². The fourth-order valence-electron chi connectivity index (χ4n) is 2.28. The van der Waals surface area contributed by atoms with Gasteiger partial charge >= 0.3 is 0 Å². The maximum absolute atomic E-state index is 11.9. The molecule has 0 saturated heterocycles. The molecule has 0 bridgehead atoms. The van der Waals surface area contributed by atoms with E-state index in [-0.39, 0.29) is 11.8 Å². The van der Waals surface area contributed by atoms with Crippen LogP contribution in [0.1, 0.15) is 32.6 Å². The zero-order valence-corrected chi connectivity index (χ0v) is 16.1. The van der Waals surface area contributed by atoms with E-state index in [2.05, 4.69) is 21.5 Å². The molecule has 0 aromatic rings. The number of carbonyl (C=O) groups is 4. The molecule has 3 atom stereocenters. The van der Waals surface area contributed by atoms with Gasteiger partial charge in [-0.3, -0.25) is 24.6 Å². The van der Waals surface area contributed by atoms with Crippen molar-refractivity contribution in [1.82, 2.24) is 21.5 Å². The molecule has 0 heterocycles. The second-order valence-corrected chi connectivity index (χ2v) is 6.23. The van der Waals surface area contributed by atoms with Crippen molar-refractivity contribution < 1.29 is 29.4 Å². The van der Waals surface area contributed by atoms with Crippen LogP contribution in [0.4, 0.5) is 0 Å². The van der Waals surface area contributed by atoms with Crippen LogP contribution in [0.25, 0.3) is 0 Å². The molecule has 0 spiro atoms. The molecule has 28 heavy (non-hydrogen) atoms. The van der Waals surface area contributed by atoms with Crippen molar-refractivity contribution in [2.24, 2.45) is 17.4 Å². The van der Waals surface area contributed by atoms with E-state index in [9.17, 15) is 24.3 Å². The predicted octanol–water partition coefficient (Wildman–Crippen LogP) is -3.80. The Balaban J connectivity index is 4.08. The lowest BCUT2D eigenvalue weighted by molar-refractivity contribution is -0.130. The van der Waals surface area contributed by atoms with Crippen LogP contribution in [0.15, 0.2) is 0 Å². The van der Waals surface area contributed by atoms with Crippen LogP contribution >= 0.6 is 0 Å². The number of amides is 4. The van der Waals surface area contributed by atoms with Gasteiger partial charge in [0, 0.05) is 12.5 Å². The van der Waals surface area contributed by atoms with Crippen LogP contribution in [-0.4, -0.2) is 72.2 Å². The number of hydrogen-bond acceptors (Lipinski definition) is 8. The highest BCUT2D eigenvalue weighted by molar-refractivity contribution is 5.90. The largest absolute Gasteiger partial charge is 0.394 e. The molecule has 12 heteroatoms. The lowest BCUT2D eigenvalue weighted by Crippen LogP contribution is -2.54. The fourth-order valence-corrected chi connectivity index (χ4v) is 2.28. The summed E-state index contributed by atoms with van der Waals surface area (Å²) >= 11 is 0. The van der Waals surface area contributed by atoms with Gasteiger partial charge in [-0.1, -0.05) is 13.3 Å². The zero-order valence-electron chi connectivity index (χ0n) is 16.1. The van der Waals surface area contributed by atoms with Crippen molar-refractivity contribution in [2.75, 3.05) is 26.3 Å².